The molecule has 0 fully saturated rings. The molecule has 0 N–H and O–H groups in total. The number of allylic oxidation sites excluding steroid dienone is 1. The number of hydrogen-bond donors (Lipinski definition) is 0. The maximum atomic E-state index is 3.10. The van der Waals surface area contributed by atoms with Crippen molar-refractivity contribution in [2.24, 2.45) is 11.8 Å². The van der Waals surface area contributed by atoms with Gasteiger partial charge in [0.25, 0.3) is 0 Å². The van der Waals surface area contributed by atoms with E-state index >= 15 is 0 Å². The smallest absolute Gasteiger partial charge is 0.335 e. The first-order chi connectivity index (χ1) is 4.63. The van der Waals surface area contributed by atoms with Gasteiger partial charge in [-0.25, -0.2) is 6.08 Å². The SMILES string of the molecule is CC(C)[C-]=C=CCC(C)C.[Li+]. The second kappa shape index (κ2) is 8.22. The van der Waals surface area contributed by atoms with Gasteiger partial charge >= 0.3 is 18.9 Å². The first kappa shape index (κ1) is 13.7. The molecule has 0 saturated carbocycles. The Kier molecular flexibility index (Phi) is 10.2. The van der Waals surface area contributed by atoms with E-state index in [0.29, 0.717) is 5.92 Å². The molecule has 11 heavy (non-hydrogen) atoms. The fraction of sp³-hybridized carbons (Fsp3) is 0.700. The Morgan fingerprint density at radius 3 is 2.18 bits per heavy atom. The van der Waals surface area contributed by atoms with Crippen molar-refractivity contribution in [2.45, 2.75) is 34.1 Å². The zero-order valence-electron chi connectivity index (χ0n) is 8.44. The predicted molar refractivity (Wildman–Crippen MR) is 45.6 cm³/mol. The van der Waals surface area contributed by atoms with Crippen molar-refractivity contribution in [3.63, 3.8) is 0 Å². The molecule has 0 spiro atoms. The molecule has 0 aliphatic carbocycles. The van der Waals surface area contributed by atoms with Crippen LogP contribution in [0, 0.1) is 17.9 Å². The zero-order valence-corrected chi connectivity index (χ0v) is 8.44. The Labute approximate surface area is 82.9 Å². The standard InChI is InChI=1S/C10H17.Li/c1-9(2)7-5-6-8-10(3)4;/h5,9-10H,7H2,1-4H3;/q-1;+1. The van der Waals surface area contributed by atoms with Crippen LogP contribution in [0.1, 0.15) is 34.1 Å². The molecule has 0 heterocycles. The van der Waals surface area contributed by atoms with E-state index in [-0.39, 0.29) is 18.9 Å². The predicted octanol–water partition coefficient (Wildman–Crippen LogP) is 0.207. The van der Waals surface area contributed by atoms with Gasteiger partial charge in [0.2, 0.25) is 0 Å². The Balaban J connectivity index is 0. The summed E-state index contributed by atoms with van der Waals surface area (Å²) >= 11 is 0. The van der Waals surface area contributed by atoms with Gasteiger partial charge in [-0.05, 0) is 0 Å². The van der Waals surface area contributed by atoms with Crippen LogP contribution in [0.2, 0.25) is 0 Å². The molecule has 0 amide bonds. The van der Waals surface area contributed by atoms with Crippen LogP contribution in [0.3, 0.4) is 0 Å². The monoisotopic (exact) mass is 144 g/mol. The van der Waals surface area contributed by atoms with E-state index in [0.717, 1.165) is 12.3 Å². The van der Waals surface area contributed by atoms with Crippen molar-refractivity contribution < 1.29 is 18.9 Å². The largest absolute Gasteiger partial charge is 1.00 e. The maximum absolute atomic E-state index is 3.10. The summed E-state index contributed by atoms with van der Waals surface area (Å²) < 4.78 is 0. The second-order valence-electron chi connectivity index (χ2n) is 3.28. The number of rotatable bonds is 3. The quantitative estimate of drug-likeness (QED) is 0.302. The van der Waals surface area contributed by atoms with Crippen LogP contribution >= 0.6 is 0 Å². The first-order valence-electron chi connectivity index (χ1n) is 3.95. The fourth-order valence-corrected chi connectivity index (χ4v) is 0.520. The van der Waals surface area contributed by atoms with Crippen LogP contribution in [0.25, 0.3) is 0 Å². The molecule has 0 nitrogen and oxygen atoms in total. The van der Waals surface area contributed by atoms with Gasteiger partial charge in [0.05, 0.1) is 0 Å². The minimum atomic E-state index is 0. The average Bonchev–Trinajstić information content (AvgIpc) is 1.79. The Morgan fingerprint density at radius 2 is 1.82 bits per heavy atom. The van der Waals surface area contributed by atoms with Crippen LogP contribution in [-0.2, 0) is 0 Å². The summed E-state index contributed by atoms with van der Waals surface area (Å²) in [6.07, 6.45) is 6.27. The van der Waals surface area contributed by atoms with E-state index in [2.05, 4.69) is 45.6 Å². The van der Waals surface area contributed by atoms with Gasteiger partial charge in [-0.2, -0.15) is 6.08 Å². The van der Waals surface area contributed by atoms with E-state index in [1.165, 1.54) is 0 Å². The van der Waals surface area contributed by atoms with Crippen LogP contribution in [-0.4, -0.2) is 0 Å². The molecule has 0 saturated heterocycles. The van der Waals surface area contributed by atoms with Crippen LogP contribution in [0.4, 0.5) is 0 Å². The first-order valence-corrected chi connectivity index (χ1v) is 3.95. The van der Waals surface area contributed by atoms with Crippen molar-refractivity contribution in [3.05, 3.63) is 17.9 Å². The summed E-state index contributed by atoms with van der Waals surface area (Å²) in [4.78, 5) is 0. The summed E-state index contributed by atoms with van der Waals surface area (Å²) in [5.74, 6) is 1.24. The fourth-order valence-electron chi connectivity index (χ4n) is 0.520. The van der Waals surface area contributed by atoms with Gasteiger partial charge in [-0.1, -0.05) is 46.0 Å². The topological polar surface area (TPSA) is 0 Å². The Hall–Kier alpha value is 0.117. The Bertz CT molecular complexity index is 128. The number of hydrogen-bond acceptors (Lipinski definition) is 0. The average molecular weight is 144 g/mol. The third kappa shape index (κ3) is 13.2. The van der Waals surface area contributed by atoms with E-state index in [4.69, 9.17) is 0 Å². The van der Waals surface area contributed by atoms with Crippen molar-refractivity contribution >= 4 is 0 Å². The molecule has 0 aromatic heterocycles. The van der Waals surface area contributed by atoms with Gasteiger partial charge in [-0.15, -0.1) is 0 Å². The minimum absolute atomic E-state index is 0. The molecule has 0 aliphatic heterocycles. The third-order valence-corrected chi connectivity index (χ3v) is 1.06. The van der Waals surface area contributed by atoms with Crippen molar-refractivity contribution in [2.75, 3.05) is 0 Å². The third-order valence-electron chi connectivity index (χ3n) is 1.06. The maximum Gasteiger partial charge on any atom is 1.00 e. The van der Waals surface area contributed by atoms with Gasteiger partial charge in [-0.3, -0.25) is 0 Å². The van der Waals surface area contributed by atoms with E-state index in [9.17, 15) is 0 Å². The molecule has 0 radical (unpaired) electrons. The molecule has 0 unspecified atom stereocenters. The molecule has 0 aliphatic rings. The van der Waals surface area contributed by atoms with Gasteiger partial charge in [0.15, 0.2) is 0 Å². The molecule has 1 heteroatoms. The molecule has 0 bridgehead atoms. The summed E-state index contributed by atoms with van der Waals surface area (Å²) in [7, 11) is 0. The van der Waals surface area contributed by atoms with Gasteiger partial charge in [0.1, 0.15) is 0 Å². The molecule has 0 rings (SSSR count). The van der Waals surface area contributed by atoms with Crippen molar-refractivity contribution in [1.29, 1.82) is 0 Å². The van der Waals surface area contributed by atoms with Crippen molar-refractivity contribution in [3.8, 4) is 0 Å². The molecule has 58 valence electrons. The van der Waals surface area contributed by atoms with Crippen molar-refractivity contribution in [1.82, 2.24) is 0 Å². The van der Waals surface area contributed by atoms with E-state index in [1.807, 2.05) is 0 Å². The normalized spacial score (nSPS) is 8.91. The summed E-state index contributed by atoms with van der Waals surface area (Å²) in [5.41, 5.74) is 3.04. The van der Waals surface area contributed by atoms with Gasteiger partial charge in [0, 0.05) is 0 Å². The summed E-state index contributed by atoms with van der Waals surface area (Å²) in [6, 6.07) is 0. The summed E-state index contributed by atoms with van der Waals surface area (Å²) in [6.45, 7) is 8.62. The molecule has 0 atom stereocenters. The summed E-state index contributed by atoms with van der Waals surface area (Å²) in [5, 5.41) is 0. The van der Waals surface area contributed by atoms with E-state index in [1.54, 1.807) is 0 Å². The second-order valence-corrected chi connectivity index (χ2v) is 3.28. The van der Waals surface area contributed by atoms with Gasteiger partial charge < -0.3 is 5.73 Å². The molecule has 0 aromatic rings. The molecular formula is C10H17Li. The zero-order chi connectivity index (χ0) is 7.98. The molecule has 0 aromatic carbocycles. The Morgan fingerprint density at radius 1 is 1.27 bits per heavy atom. The van der Waals surface area contributed by atoms with Crippen LogP contribution in [0.5, 0.6) is 0 Å². The van der Waals surface area contributed by atoms with E-state index < -0.39 is 0 Å². The minimum Gasteiger partial charge on any atom is -0.335 e. The van der Waals surface area contributed by atoms with Crippen LogP contribution < -0.4 is 18.9 Å². The molecular weight excluding hydrogens is 127 g/mol. The van der Waals surface area contributed by atoms with Crippen LogP contribution in [0.15, 0.2) is 11.8 Å².